The van der Waals surface area contributed by atoms with E-state index in [0.29, 0.717) is 6.61 Å². The van der Waals surface area contributed by atoms with Gasteiger partial charge in [0.1, 0.15) is 23.1 Å². The number of ether oxygens (including phenoxy) is 1. The lowest BCUT2D eigenvalue weighted by molar-refractivity contribution is -0.130. The normalized spacial score (nSPS) is 18.6. The van der Waals surface area contributed by atoms with Crippen molar-refractivity contribution in [1.29, 1.82) is 0 Å². The van der Waals surface area contributed by atoms with E-state index in [9.17, 15) is 19.8 Å². The number of rotatable bonds is 2. The number of hydrogen-bond acceptors (Lipinski definition) is 5. The number of benzene rings is 1. The molecule has 7 nitrogen and oxygen atoms in total. The third-order valence-corrected chi connectivity index (χ3v) is 3.17. The van der Waals surface area contributed by atoms with Crippen LogP contribution >= 0.6 is 0 Å². The molecule has 1 heterocycles. The summed E-state index contributed by atoms with van der Waals surface area (Å²) >= 11 is 0. The zero-order valence-corrected chi connectivity index (χ0v) is 11.0. The minimum Gasteiger partial charge on any atom is -0.507 e. The number of morpholine rings is 1. The fraction of sp³-hybridized carbons (Fsp3) is 0.385. The maximum Gasteiger partial charge on any atom is 0.262 e. The standard InChI is InChI=1S/C13H16N2O5/c1-14-12(18)8-7-20-6-5-15(8)13(19)11-9(16)3-2-4-10(11)17/h2-4,8,16-17H,5-7H2,1H3,(H,14,18). The predicted octanol–water partition coefficient (Wildman–Crippen LogP) is -0.315. The Morgan fingerprint density at radius 2 is 2.00 bits per heavy atom. The van der Waals surface area contributed by atoms with Gasteiger partial charge in [-0.2, -0.15) is 0 Å². The van der Waals surface area contributed by atoms with Gasteiger partial charge < -0.3 is 25.2 Å². The molecule has 7 heteroatoms. The third kappa shape index (κ3) is 2.53. The first kappa shape index (κ1) is 14.1. The van der Waals surface area contributed by atoms with Crippen molar-refractivity contribution < 1.29 is 24.5 Å². The molecule has 0 radical (unpaired) electrons. The molecule has 2 rings (SSSR count). The van der Waals surface area contributed by atoms with Crippen LogP contribution in [0.2, 0.25) is 0 Å². The van der Waals surface area contributed by atoms with Gasteiger partial charge in [-0.3, -0.25) is 9.59 Å². The number of nitrogens with one attached hydrogen (secondary N) is 1. The zero-order valence-electron chi connectivity index (χ0n) is 11.0. The highest BCUT2D eigenvalue weighted by Crippen LogP contribution is 2.28. The van der Waals surface area contributed by atoms with Crippen molar-refractivity contribution in [2.45, 2.75) is 6.04 Å². The van der Waals surface area contributed by atoms with E-state index in [4.69, 9.17) is 4.74 Å². The number of nitrogens with zero attached hydrogens (tertiary/aromatic N) is 1. The lowest BCUT2D eigenvalue weighted by Crippen LogP contribution is -2.55. The Balaban J connectivity index is 2.33. The molecule has 0 spiro atoms. The molecule has 1 atom stereocenters. The van der Waals surface area contributed by atoms with Gasteiger partial charge in [0.05, 0.1) is 13.2 Å². The first-order valence-corrected chi connectivity index (χ1v) is 6.17. The number of likely N-dealkylation sites (N-methyl/N-ethyl adjacent to an activating group) is 1. The Hall–Kier alpha value is -2.28. The summed E-state index contributed by atoms with van der Waals surface area (Å²) in [7, 11) is 1.47. The van der Waals surface area contributed by atoms with E-state index in [2.05, 4.69) is 5.32 Å². The number of carbonyl (C=O) groups is 2. The summed E-state index contributed by atoms with van der Waals surface area (Å²) in [5.41, 5.74) is -0.205. The summed E-state index contributed by atoms with van der Waals surface area (Å²) in [6, 6.07) is 3.27. The fourth-order valence-corrected chi connectivity index (χ4v) is 2.12. The molecule has 1 aromatic rings. The second-order valence-electron chi connectivity index (χ2n) is 4.37. The van der Waals surface area contributed by atoms with E-state index in [1.54, 1.807) is 0 Å². The summed E-state index contributed by atoms with van der Waals surface area (Å²) in [6.45, 7) is 0.595. The zero-order chi connectivity index (χ0) is 14.7. The topological polar surface area (TPSA) is 99.1 Å². The molecule has 0 saturated carbocycles. The third-order valence-electron chi connectivity index (χ3n) is 3.17. The summed E-state index contributed by atoms with van der Waals surface area (Å²) in [4.78, 5) is 25.5. The Kier molecular flexibility index (Phi) is 4.09. The van der Waals surface area contributed by atoms with Crippen molar-refractivity contribution in [2.24, 2.45) is 0 Å². The van der Waals surface area contributed by atoms with E-state index in [-0.39, 0.29) is 36.1 Å². The maximum atomic E-state index is 12.4. The largest absolute Gasteiger partial charge is 0.507 e. The van der Waals surface area contributed by atoms with Gasteiger partial charge in [0.2, 0.25) is 5.91 Å². The highest BCUT2D eigenvalue weighted by atomic mass is 16.5. The Morgan fingerprint density at radius 3 is 2.60 bits per heavy atom. The minimum atomic E-state index is -0.778. The number of phenolic OH excluding ortho intramolecular Hbond substituents is 2. The van der Waals surface area contributed by atoms with Gasteiger partial charge >= 0.3 is 0 Å². The Bertz CT molecular complexity index is 511. The van der Waals surface area contributed by atoms with Crippen molar-refractivity contribution in [1.82, 2.24) is 10.2 Å². The number of phenols is 2. The molecule has 2 amide bonds. The van der Waals surface area contributed by atoms with Crippen LogP contribution in [-0.4, -0.2) is 59.8 Å². The summed E-state index contributed by atoms with van der Waals surface area (Å²) < 4.78 is 5.20. The van der Waals surface area contributed by atoms with Gasteiger partial charge in [0.25, 0.3) is 5.91 Å². The van der Waals surface area contributed by atoms with Crippen molar-refractivity contribution >= 4 is 11.8 Å². The van der Waals surface area contributed by atoms with E-state index in [1.165, 1.54) is 30.1 Å². The van der Waals surface area contributed by atoms with E-state index in [0.717, 1.165) is 0 Å². The van der Waals surface area contributed by atoms with Crippen LogP contribution in [0, 0.1) is 0 Å². The second kappa shape index (κ2) is 5.79. The van der Waals surface area contributed by atoms with E-state index >= 15 is 0 Å². The Morgan fingerprint density at radius 1 is 1.35 bits per heavy atom. The van der Waals surface area contributed by atoms with Gasteiger partial charge in [-0.05, 0) is 12.1 Å². The molecule has 0 aromatic heterocycles. The lowest BCUT2D eigenvalue weighted by Gasteiger charge is -2.34. The minimum absolute atomic E-state index is 0.0831. The molecule has 0 bridgehead atoms. The van der Waals surface area contributed by atoms with Gasteiger partial charge in [0, 0.05) is 13.6 Å². The molecule has 1 unspecified atom stereocenters. The van der Waals surface area contributed by atoms with Crippen LogP contribution in [0.1, 0.15) is 10.4 Å². The first-order valence-electron chi connectivity index (χ1n) is 6.17. The molecule has 1 aliphatic heterocycles. The summed E-state index contributed by atoms with van der Waals surface area (Å²) in [6.07, 6.45) is 0. The molecule has 3 N–H and O–H groups in total. The number of aromatic hydroxyl groups is 2. The van der Waals surface area contributed by atoms with Crippen LogP contribution in [-0.2, 0) is 9.53 Å². The molecule has 0 aliphatic carbocycles. The van der Waals surface area contributed by atoms with Crippen LogP contribution in [0.5, 0.6) is 11.5 Å². The van der Waals surface area contributed by atoms with Crippen molar-refractivity contribution in [3.8, 4) is 11.5 Å². The Labute approximate surface area is 115 Å². The average molecular weight is 280 g/mol. The maximum absolute atomic E-state index is 12.4. The van der Waals surface area contributed by atoms with E-state index in [1.807, 2.05) is 0 Å². The number of amides is 2. The van der Waals surface area contributed by atoms with Crippen LogP contribution in [0.3, 0.4) is 0 Å². The molecule has 1 aliphatic rings. The summed E-state index contributed by atoms with van der Waals surface area (Å²) in [5.74, 6) is -1.60. The SMILES string of the molecule is CNC(=O)C1COCCN1C(=O)c1c(O)cccc1O. The molecule has 1 aromatic carbocycles. The average Bonchev–Trinajstić information content (AvgIpc) is 2.46. The first-order chi connectivity index (χ1) is 9.56. The van der Waals surface area contributed by atoms with Crippen LogP contribution in [0.4, 0.5) is 0 Å². The number of carbonyl (C=O) groups excluding carboxylic acids is 2. The monoisotopic (exact) mass is 280 g/mol. The quantitative estimate of drug-likeness (QED) is 0.690. The van der Waals surface area contributed by atoms with Crippen molar-refractivity contribution in [2.75, 3.05) is 26.8 Å². The van der Waals surface area contributed by atoms with Crippen molar-refractivity contribution in [3.05, 3.63) is 23.8 Å². The van der Waals surface area contributed by atoms with Gasteiger partial charge in [-0.1, -0.05) is 6.07 Å². The molecule has 1 saturated heterocycles. The predicted molar refractivity (Wildman–Crippen MR) is 69.5 cm³/mol. The molecular weight excluding hydrogens is 264 g/mol. The van der Waals surface area contributed by atoms with Crippen LogP contribution < -0.4 is 5.32 Å². The molecule has 20 heavy (non-hydrogen) atoms. The molecule has 1 fully saturated rings. The summed E-state index contributed by atoms with van der Waals surface area (Å²) in [5, 5.41) is 21.9. The van der Waals surface area contributed by atoms with Gasteiger partial charge in [-0.15, -0.1) is 0 Å². The highest BCUT2D eigenvalue weighted by molar-refractivity contribution is 6.01. The lowest BCUT2D eigenvalue weighted by atomic mass is 10.1. The number of hydrogen-bond donors (Lipinski definition) is 3. The van der Waals surface area contributed by atoms with Gasteiger partial charge in [-0.25, -0.2) is 0 Å². The second-order valence-corrected chi connectivity index (χ2v) is 4.37. The van der Waals surface area contributed by atoms with E-state index < -0.39 is 11.9 Å². The van der Waals surface area contributed by atoms with Crippen LogP contribution in [0.25, 0.3) is 0 Å². The molecule has 108 valence electrons. The molecular formula is C13H16N2O5. The van der Waals surface area contributed by atoms with Crippen LogP contribution in [0.15, 0.2) is 18.2 Å². The van der Waals surface area contributed by atoms with Gasteiger partial charge in [0.15, 0.2) is 0 Å². The smallest absolute Gasteiger partial charge is 0.262 e. The van der Waals surface area contributed by atoms with Crippen molar-refractivity contribution in [3.63, 3.8) is 0 Å². The fourth-order valence-electron chi connectivity index (χ4n) is 2.12. The highest BCUT2D eigenvalue weighted by Gasteiger charge is 2.34.